The van der Waals surface area contributed by atoms with E-state index in [1.54, 1.807) is 20.8 Å². The van der Waals surface area contributed by atoms with E-state index in [4.69, 9.17) is 12.6 Å². The first-order chi connectivity index (χ1) is 8.92. The van der Waals surface area contributed by atoms with E-state index in [-0.39, 0.29) is 22.1 Å². The largest absolute Gasteiger partial charge is 0.870 e. The van der Waals surface area contributed by atoms with Crippen molar-refractivity contribution < 1.29 is 33.7 Å². The summed E-state index contributed by atoms with van der Waals surface area (Å²) in [5.74, 6) is 0. The molecule has 0 aromatic heterocycles. The summed E-state index contributed by atoms with van der Waals surface area (Å²) >= 11 is 0. The van der Waals surface area contributed by atoms with Gasteiger partial charge < -0.3 is 11.0 Å². The molecule has 0 radical (unpaired) electrons. The van der Waals surface area contributed by atoms with Gasteiger partial charge in [-0.3, -0.25) is 0 Å². The van der Waals surface area contributed by atoms with Gasteiger partial charge in [-0.1, -0.05) is 0 Å². The van der Waals surface area contributed by atoms with Crippen LogP contribution in [0.25, 0.3) is 0 Å². The molecule has 1 rings (SSSR count). The Hall–Kier alpha value is -1.74. The summed E-state index contributed by atoms with van der Waals surface area (Å²) in [7, 11) is 6.63. The summed E-state index contributed by atoms with van der Waals surface area (Å²) in [6.07, 6.45) is -5.31. The third kappa shape index (κ3) is 5.94. The Morgan fingerprint density at radius 1 is 1.18 bits per heavy atom. The van der Waals surface area contributed by atoms with Gasteiger partial charge >= 0.3 is 116 Å². The van der Waals surface area contributed by atoms with Crippen molar-refractivity contribution in [3.05, 3.63) is 23.8 Å². The van der Waals surface area contributed by atoms with E-state index >= 15 is 0 Å². The predicted molar refractivity (Wildman–Crippen MR) is 75.3 cm³/mol. The van der Waals surface area contributed by atoms with Gasteiger partial charge in [-0.2, -0.15) is 0 Å². The summed E-state index contributed by atoms with van der Waals surface area (Å²) in [6.45, 7) is 5.01. The van der Waals surface area contributed by atoms with Crippen molar-refractivity contribution in [1.82, 2.24) is 0 Å². The van der Waals surface area contributed by atoms with Gasteiger partial charge in [-0.15, -0.1) is 0 Å². The number of benzene rings is 1. The normalized spacial score (nSPS) is 11.1. The van der Waals surface area contributed by atoms with Crippen LogP contribution in [-0.2, 0) is 10.9 Å². The summed E-state index contributed by atoms with van der Waals surface area (Å²) in [5.41, 5.74) is -2.04. The minimum atomic E-state index is -4.57. The molecule has 0 saturated carbocycles. The summed E-state index contributed by atoms with van der Waals surface area (Å²) in [5, 5.41) is 0. The molecule has 0 bridgehead atoms. The smallest absolute Gasteiger partial charge is 0.870 e. The molecule has 5 nitrogen and oxygen atoms in total. The fourth-order valence-electron chi connectivity index (χ4n) is 1.43. The van der Waals surface area contributed by atoms with Crippen molar-refractivity contribution in [2.45, 2.75) is 32.5 Å². The van der Waals surface area contributed by atoms with E-state index in [2.05, 4.69) is 0 Å². The van der Waals surface area contributed by atoms with Gasteiger partial charge in [-0.25, -0.2) is 0 Å². The number of amides is 1. The molecular weight excluding hydrogens is 302 g/mol. The molecule has 1 amide bonds. The second-order valence-corrected chi connectivity index (χ2v) is 5.31. The van der Waals surface area contributed by atoms with Crippen molar-refractivity contribution >= 4 is 25.1 Å². The fraction of sp³-hybridized carbons (Fsp3) is 0.462. The Labute approximate surface area is 128 Å². The first-order valence-electron chi connectivity index (χ1n) is 5.85. The minimum Gasteiger partial charge on any atom is -0.870 e. The van der Waals surface area contributed by atoms with Gasteiger partial charge in [0.15, 0.2) is 0 Å². The molecule has 0 saturated heterocycles. The Balaban J connectivity index is 0. The topological polar surface area (TPSA) is 89.5 Å². The van der Waals surface area contributed by atoms with Crippen LogP contribution in [0.2, 0.25) is 0 Å². The third-order valence-electron chi connectivity index (χ3n) is 2.40. The number of alkyl halides is 3. The van der Waals surface area contributed by atoms with E-state index < -0.39 is 23.4 Å². The van der Waals surface area contributed by atoms with Crippen LogP contribution in [-0.4, -0.2) is 37.5 Å². The quantitative estimate of drug-likeness (QED) is 0.744. The first-order valence-corrected chi connectivity index (χ1v) is 5.85. The first kappa shape index (κ1) is 22.5. The third-order valence-corrected chi connectivity index (χ3v) is 2.40. The zero-order valence-electron chi connectivity index (χ0n) is 12.6. The standard InChI is InChI=1S/C13H15BF3NO2.2H2O/c1-12(2,3)20-11(19)18(4)8-5-6-10(14)9(7-8)13(15,16)17;;/h5-7H,1-4H3;2*1H2/q+2;;/p-2. The van der Waals surface area contributed by atoms with Crippen molar-refractivity contribution in [3.8, 4) is 0 Å². The molecule has 0 aliphatic carbocycles. The Morgan fingerprint density at radius 2 is 1.68 bits per heavy atom. The van der Waals surface area contributed by atoms with E-state index in [0.717, 1.165) is 17.0 Å². The van der Waals surface area contributed by atoms with E-state index in [9.17, 15) is 18.0 Å². The van der Waals surface area contributed by atoms with E-state index in [1.165, 1.54) is 13.1 Å². The molecule has 9 heteroatoms. The van der Waals surface area contributed by atoms with Crippen LogP contribution in [0.15, 0.2) is 18.2 Å². The van der Waals surface area contributed by atoms with Crippen LogP contribution in [0.4, 0.5) is 23.7 Å². The molecular formula is C13H17BF3NO4. The molecule has 0 aliphatic rings. The van der Waals surface area contributed by atoms with Crippen molar-refractivity contribution in [3.63, 3.8) is 0 Å². The number of hydrogen-bond donors (Lipinski definition) is 0. The van der Waals surface area contributed by atoms with Crippen molar-refractivity contribution in [1.29, 1.82) is 0 Å². The molecule has 1 aromatic carbocycles. The molecule has 2 N–H and O–H groups in total. The molecule has 1 aromatic rings. The number of ether oxygens (including phenoxy) is 1. The van der Waals surface area contributed by atoms with Crippen molar-refractivity contribution in [2.75, 3.05) is 11.9 Å². The zero-order chi connectivity index (χ0) is 15.7. The monoisotopic (exact) mass is 319 g/mol. The molecule has 22 heavy (non-hydrogen) atoms. The van der Waals surface area contributed by atoms with Crippen LogP contribution >= 0.6 is 0 Å². The Bertz CT molecular complexity index is 515. The number of anilines is 1. The molecule has 0 fully saturated rings. The number of halogens is 3. The van der Waals surface area contributed by atoms with E-state index in [1.807, 2.05) is 0 Å². The van der Waals surface area contributed by atoms with Crippen LogP contribution in [0.5, 0.6) is 0 Å². The summed E-state index contributed by atoms with van der Waals surface area (Å²) in [6, 6.07) is 3.26. The van der Waals surface area contributed by atoms with Crippen LogP contribution in [0.1, 0.15) is 26.3 Å². The Kier molecular flexibility index (Phi) is 7.69. The maximum atomic E-state index is 12.7. The maximum Gasteiger partial charge on any atom is -0.870 e. The van der Waals surface area contributed by atoms with Gasteiger partial charge in [0.05, 0.1) is 0 Å². The number of hydrogen-bond acceptors (Lipinski definition) is 4. The molecule has 0 unspecified atom stereocenters. The summed E-state index contributed by atoms with van der Waals surface area (Å²) in [4.78, 5) is 12.8. The van der Waals surface area contributed by atoms with Gasteiger partial charge in [0.25, 0.3) is 0 Å². The second kappa shape index (κ2) is 7.50. The zero-order valence-corrected chi connectivity index (χ0v) is 12.6. The number of nitrogens with zero attached hydrogens (tertiary/aromatic N) is 1. The predicted octanol–water partition coefficient (Wildman–Crippen LogP) is 2.52. The Morgan fingerprint density at radius 3 is 2.09 bits per heavy atom. The molecule has 0 aliphatic heterocycles. The van der Waals surface area contributed by atoms with Gasteiger partial charge in [0.2, 0.25) is 0 Å². The van der Waals surface area contributed by atoms with Crippen LogP contribution in [0.3, 0.4) is 0 Å². The number of carbonyl (C=O) groups is 1. The second-order valence-electron chi connectivity index (χ2n) is 5.31. The molecule has 122 valence electrons. The minimum absolute atomic E-state index is 0. The van der Waals surface area contributed by atoms with Crippen LogP contribution < -0.4 is 10.4 Å². The SMILES string of the molecule is [B+2]c1ccc(N(C)C(=O)OC(C)(C)C)cc1C(F)(F)F.[OH-].[OH-]. The van der Waals surface area contributed by atoms with Gasteiger partial charge in [0, 0.05) is 0 Å². The van der Waals surface area contributed by atoms with Gasteiger partial charge in [0.1, 0.15) is 0 Å². The molecule has 0 heterocycles. The van der Waals surface area contributed by atoms with Gasteiger partial charge in [-0.05, 0) is 0 Å². The van der Waals surface area contributed by atoms with Crippen molar-refractivity contribution in [2.24, 2.45) is 0 Å². The molecule has 0 spiro atoms. The van der Waals surface area contributed by atoms with Crippen LogP contribution in [0, 0.1) is 0 Å². The summed E-state index contributed by atoms with van der Waals surface area (Å²) < 4.78 is 43.3. The average molecular weight is 319 g/mol. The number of rotatable bonds is 1. The molecule has 0 atom stereocenters. The fourth-order valence-corrected chi connectivity index (χ4v) is 1.43. The number of carbonyl (C=O) groups excluding carboxylic acids is 1. The average Bonchev–Trinajstić information content (AvgIpc) is 2.24. The van der Waals surface area contributed by atoms with E-state index in [0.29, 0.717) is 0 Å². The maximum absolute atomic E-state index is 12.7.